The van der Waals surface area contributed by atoms with Crippen molar-refractivity contribution in [2.75, 3.05) is 0 Å². The van der Waals surface area contributed by atoms with Crippen LogP contribution in [-0.2, 0) is 11.2 Å². The summed E-state index contributed by atoms with van der Waals surface area (Å²) < 4.78 is 5.87. The number of benzene rings is 2. The maximum atomic E-state index is 12.5. The molecule has 0 heterocycles. The molecule has 0 aliphatic heterocycles. The van der Waals surface area contributed by atoms with Crippen LogP contribution in [0.5, 0.6) is 5.75 Å². The lowest BCUT2D eigenvalue weighted by Crippen LogP contribution is -2.38. The lowest BCUT2D eigenvalue weighted by molar-refractivity contribution is -0.128. The maximum Gasteiger partial charge on any atom is 0.261 e. The fourth-order valence-corrected chi connectivity index (χ4v) is 2.55. The largest absolute Gasteiger partial charge is 0.481 e. The van der Waals surface area contributed by atoms with Crippen molar-refractivity contribution in [1.29, 1.82) is 0 Å². The van der Waals surface area contributed by atoms with Crippen LogP contribution in [0, 0.1) is 0 Å². The summed E-state index contributed by atoms with van der Waals surface area (Å²) >= 11 is 0. The lowest BCUT2D eigenvalue weighted by Gasteiger charge is -2.21. The number of para-hydroxylation sites is 1. The van der Waals surface area contributed by atoms with Crippen molar-refractivity contribution < 1.29 is 9.53 Å². The van der Waals surface area contributed by atoms with Crippen molar-refractivity contribution >= 4 is 5.91 Å². The number of carbonyl (C=O) groups is 1. The van der Waals surface area contributed by atoms with E-state index in [9.17, 15) is 4.79 Å². The minimum atomic E-state index is -0.527. The van der Waals surface area contributed by atoms with Crippen molar-refractivity contribution in [2.45, 2.75) is 45.8 Å². The van der Waals surface area contributed by atoms with Gasteiger partial charge >= 0.3 is 0 Å². The van der Waals surface area contributed by atoms with Gasteiger partial charge < -0.3 is 10.1 Å². The Kier molecular flexibility index (Phi) is 6.21. The number of hydrogen-bond donors (Lipinski definition) is 1. The lowest BCUT2D eigenvalue weighted by atomic mass is 10.0. The highest BCUT2D eigenvalue weighted by molar-refractivity contribution is 5.81. The molecule has 23 heavy (non-hydrogen) atoms. The maximum absolute atomic E-state index is 12.5. The minimum Gasteiger partial charge on any atom is -0.481 e. The summed E-state index contributed by atoms with van der Waals surface area (Å²) in [6.45, 7) is 5.94. The molecule has 2 aromatic carbocycles. The van der Waals surface area contributed by atoms with Crippen LogP contribution in [0.15, 0.2) is 54.6 Å². The molecule has 2 atom stereocenters. The number of rotatable bonds is 7. The Balaban J connectivity index is 2.02. The van der Waals surface area contributed by atoms with Crippen LogP contribution in [0.1, 0.15) is 44.4 Å². The van der Waals surface area contributed by atoms with Crippen LogP contribution in [-0.4, -0.2) is 12.0 Å². The second-order valence-electron chi connectivity index (χ2n) is 5.60. The molecule has 0 saturated heterocycles. The van der Waals surface area contributed by atoms with Gasteiger partial charge in [0.15, 0.2) is 6.10 Å². The van der Waals surface area contributed by atoms with Crippen LogP contribution >= 0.6 is 0 Å². The minimum absolute atomic E-state index is 0.0103. The first-order valence-corrected chi connectivity index (χ1v) is 8.25. The molecule has 0 aromatic heterocycles. The summed E-state index contributed by atoms with van der Waals surface area (Å²) in [5, 5.41) is 3.08. The van der Waals surface area contributed by atoms with Crippen molar-refractivity contribution in [3.8, 4) is 5.75 Å². The Morgan fingerprint density at radius 2 is 1.70 bits per heavy atom. The van der Waals surface area contributed by atoms with Crippen molar-refractivity contribution in [2.24, 2.45) is 0 Å². The second-order valence-corrected chi connectivity index (χ2v) is 5.60. The Morgan fingerprint density at radius 3 is 2.35 bits per heavy atom. The Hall–Kier alpha value is -2.29. The Morgan fingerprint density at radius 1 is 1.04 bits per heavy atom. The zero-order valence-corrected chi connectivity index (χ0v) is 14.1. The summed E-state index contributed by atoms with van der Waals surface area (Å²) in [6.07, 6.45) is 1.20. The van der Waals surface area contributed by atoms with Gasteiger partial charge in [0.1, 0.15) is 5.75 Å². The molecular formula is C20H25NO2. The quantitative estimate of drug-likeness (QED) is 0.828. The number of aryl methyl sites for hydroxylation is 1. The van der Waals surface area contributed by atoms with Gasteiger partial charge in [0.05, 0.1) is 6.04 Å². The molecular weight excluding hydrogens is 286 g/mol. The van der Waals surface area contributed by atoms with Gasteiger partial charge in [-0.3, -0.25) is 4.79 Å². The van der Waals surface area contributed by atoms with Gasteiger partial charge in [0, 0.05) is 0 Å². The van der Waals surface area contributed by atoms with E-state index in [4.69, 9.17) is 4.74 Å². The van der Waals surface area contributed by atoms with Crippen LogP contribution < -0.4 is 10.1 Å². The van der Waals surface area contributed by atoms with Gasteiger partial charge in [-0.2, -0.15) is 0 Å². The van der Waals surface area contributed by atoms with Crippen molar-refractivity contribution in [3.05, 3.63) is 65.7 Å². The molecule has 122 valence electrons. The molecule has 0 fully saturated rings. The fraction of sp³-hybridized carbons (Fsp3) is 0.350. The van der Waals surface area contributed by atoms with Gasteiger partial charge in [-0.15, -0.1) is 0 Å². The van der Waals surface area contributed by atoms with E-state index in [0.29, 0.717) is 0 Å². The molecule has 1 N–H and O–H groups in total. The van der Waals surface area contributed by atoms with E-state index in [1.807, 2.05) is 54.6 Å². The Bertz CT molecular complexity index is 625. The number of amides is 1. The predicted molar refractivity (Wildman–Crippen MR) is 93.5 cm³/mol. The Labute approximate surface area is 138 Å². The highest BCUT2D eigenvalue weighted by Crippen LogP contribution is 2.21. The first-order chi connectivity index (χ1) is 11.2. The number of hydrogen-bond acceptors (Lipinski definition) is 2. The molecule has 3 heteroatoms. The monoisotopic (exact) mass is 311 g/mol. The summed E-state index contributed by atoms with van der Waals surface area (Å²) in [5.74, 6) is 0.692. The number of nitrogens with one attached hydrogen (secondary N) is 1. The molecule has 3 nitrogen and oxygen atoms in total. The van der Waals surface area contributed by atoms with Gasteiger partial charge in [-0.25, -0.2) is 0 Å². The molecule has 0 radical (unpaired) electrons. The third kappa shape index (κ3) is 4.59. The number of carbonyl (C=O) groups excluding carboxylic acids is 1. The van der Waals surface area contributed by atoms with E-state index in [1.54, 1.807) is 6.92 Å². The van der Waals surface area contributed by atoms with E-state index >= 15 is 0 Å². The third-order valence-corrected chi connectivity index (χ3v) is 3.95. The van der Waals surface area contributed by atoms with Crippen LogP contribution in [0.3, 0.4) is 0 Å². The molecule has 0 aliphatic carbocycles. The summed E-state index contributed by atoms with van der Waals surface area (Å²) in [4.78, 5) is 12.5. The third-order valence-electron chi connectivity index (χ3n) is 3.95. The highest BCUT2D eigenvalue weighted by atomic mass is 16.5. The van der Waals surface area contributed by atoms with Crippen molar-refractivity contribution in [1.82, 2.24) is 5.32 Å². The smallest absolute Gasteiger partial charge is 0.261 e. The second kappa shape index (κ2) is 8.37. The first kappa shape index (κ1) is 17.1. The summed E-state index contributed by atoms with van der Waals surface area (Å²) in [5.41, 5.74) is 2.23. The standard InChI is InChI=1S/C20H25NO2/c1-4-16-11-9-10-14-19(16)23-15(3)20(22)21-18(5-2)17-12-7-6-8-13-17/h6-15,18H,4-5H2,1-3H3,(H,21,22)/t15-,18-/m1/s1. The average molecular weight is 311 g/mol. The SMILES string of the molecule is CCc1ccccc1O[C@H](C)C(=O)N[C@H](CC)c1ccccc1. The molecule has 0 aliphatic rings. The molecule has 0 spiro atoms. The topological polar surface area (TPSA) is 38.3 Å². The van der Waals surface area contributed by atoms with E-state index in [-0.39, 0.29) is 11.9 Å². The fourth-order valence-electron chi connectivity index (χ4n) is 2.55. The molecule has 2 rings (SSSR count). The molecule has 0 saturated carbocycles. The molecule has 1 amide bonds. The molecule has 0 bridgehead atoms. The van der Waals surface area contributed by atoms with E-state index in [2.05, 4.69) is 19.2 Å². The van der Waals surface area contributed by atoms with Crippen LogP contribution in [0.2, 0.25) is 0 Å². The van der Waals surface area contributed by atoms with Gasteiger partial charge in [0.2, 0.25) is 0 Å². The number of ether oxygens (including phenoxy) is 1. The predicted octanol–water partition coefficient (Wildman–Crippen LogP) is 4.28. The van der Waals surface area contributed by atoms with Gasteiger partial charge in [-0.05, 0) is 37.0 Å². The highest BCUT2D eigenvalue weighted by Gasteiger charge is 2.19. The molecule has 0 unspecified atom stereocenters. The summed E-state index contributed by atoms with van der Waals surface area (Å²) in [7, 11) is 0. The average Bonchev–Trinajstić information content (AvgIpc) is 2.60. The van der Waals surface area contributed by atoms with E-state index < -0.39 is 6.10 Å². The van der Waals surface area contributed by atoms with Crippen LogP contribution in [0.4, 0.5) is 0 Å². The normalized spacial score (nSPS) is 13.2. The van der Waals surface area contributed by atoms with Crippen LogP contribution in [0.25, 0.3) is 0 Å². The van der Waals surface area contributed by atoms with Gasteiger partial charge in [-0.1, -0.05) is 62.4 Å². The van der Waals surface area contributed by atoms with E-state index in [1.165, 1.54) is 0 Å². The summed E-state index contributed by atoms with van der Waals surface area (Å²) in [6, 6.07) is 17.9. The first-order valence-electron chi connectivity index (χ1n) is 8.25. The van der Waals surface area contributed by atoms with Crippen molar-refractivity contribution in [3.63, 3.8) is 0 Å². The van der Waals surface area contributed by atoms with E-state index in [0.717, 1.165) is 29.7 Å². The zero-order chi connectivity index (χ0) is 16.7. The zero-order valence-electron chi connectivity index (χ0n) is 14.1. The molecule has 2 aromatic rings. The van der Waals surface area contributed by atoms with Gasteiger partial charge in [0.25, 0.3) is 5.91 Å².